The van der Waals surface area contributed by atoms with Crippen LogP contribution >= 0.6 is 23.8 Å². The molecular weight excluding hydrogens is 220 g/mol. The summed E-state index contributed by atoms with van der Waals surface area (Å²) < 4.78 is 0. The predicted octanol–water partition coefficient (Wildman–Crippen LogP) is 1.29. The molecule has 0 fully saturated rings. The fourth-order valence-corrected chi connectivity index (χ4v) is 1.20. The highest BCUT2D eigenvalue weighted by Gasteiger charge is 2.05. The van der Waals surface area contributed by atoms with E-state index >= 15 is 0 Å². The van der Waals surface area contributed by atoms with E-state index in [2.05, 4.69) is 5.10 Å². The van der Waals surface area contributed by atoms with Gasteiger partial charge in [0.15, 0.2) is 5.11 Å². The normalized spacial score (nSPS) is 10.4. The van der Waals surface area contributed by atoms with Crippen molar-refractivity contribution in [3.05, 3.63) is 29.3 Å². The van der Waals surface area contributed by atoms with Crippen molar-refractivity contribution >= 4 is 41.0 Å². The number of nitrogens with two attached hydrogens (primary N) is 2. The van der Waals surface area contributed by atoms with Gasteiger partial charge in [-0.2, -0.15) is 5.10 Å². The molecule has 0 aliphatic heterocycles. The van der Waals surface area contributed by atoms with E-state index in [4.69, 9.17) is 35.4 Å². The topological polar surface area (TPSA) is 67.6 Å². The summed E-state index contributed by atoms with van der Waals surface area (Å²) >= 11 is 10.6. The Balaban J connectivity index is 2.99. The van der Waals surface area contributed by atoms with E-state index in [0.717, 1.165) is 5.69 Å². The van der Waals surface area contributed by atoms with Gasteiger partial charge in [-0.25, -0.2) is 0 Å². The summed E-state index contributed by atoms with van der Waals surface area (Å²) in [6, 6.07) is 6.99. The second kappa shape index (κ2) is 4.78. The Labute approximate surface area is 92.1 Å². The monoisotopic (exact) mass is 228 g/mol. The average molecular weight is 229 g/mol. The van der Waals surface area contributed by atoms with Gasteiger partial charge in [0.05, 0.1) is 0 Å². The highest BCUT2D eigenvalue weighted by Crippen LogP contribution is 2.16. The summed E-state index contributed by atoms with van der Waals surface area (Å²) in [6.45, 7) is 0. The Kier molecular flexibility index (Phi) is 3.67. The molecule has 0 bridgehead atoms. The van der Waals surface area contributed by atoms with Crippen molar-refractivity contribution in [1.29, 1.82) is 0 Å². The minimum Gasteiger partial charge on any atom is -0.376 e. The Morgan fingerprint density at radius 1 is 1.43 bits per heavy atom. The highest BCUT2D eigenvalue weighted by atomic mass is 35.5. The Morgan fingerprint density at radius 2 is 2.00 bits per heavy atom. The van der Waals surface area contributed by atoms with Gasteiger partial charge in [-0.1, -0.05) is 11.6 Å². The van der Waals surface area contributed by atoms with Gasteiger partial charge in [-0.05, 0) is 36.5 Å². The number of halogens is 1. The van der Waals surface area contributed by atoms with Crippen LogP contribution in [0.15, 0.2) is 29.4 Å². The molecule has 0 saturated heterocycles. The molecule has 0 amide bonds. The maximum Gasteiger partial charge on any atom is 0.176 e. The van der Waals surface area contributed by atoms with Gasteiger partial charge in [0.2, 0.25) is 0 Å². The molecule has 0 unspecified atom stereocenters. The largest absolute Gasteiger partial charge is 0.376 e. The van der Waals surface area contributed by atoms with Crippen molar-refractivity contribution in [1.82, 2.24) is 0 Å². The van der Waals surface area contributed by atoms with Gasteiger partial charge >= 0.3 is 0 Å². The van der Waals surface area contributed by atoms with E-state index in [0.29, 0.717) is 5.02 Å². The zero-order valence-electron chi connectivity index (χ0n) is 7.22. The Bertz CT molecular complexity index is 349. The van der Waals surface area contributed by atoms with Crippen LogP contribution < -0.4 is 16.5 Å². The first-order valence-electron chi connectivity index (χ1n) is 3.72. The number of thiocarbonyl (C=S) groups is 1. The minimum absolute atomic E-state index is 0.168. The lowest BCUT2D eigenvalue weighted by Gasteiger charge is -2.16. The molecule has 74 valence electrons. The van der Waals surface area contributed by atoms with Crippen molar-refractivity contribution in [2.75, 3.05) is 4.90 Å². The van der Waals surface area contributed by atoms with Crippen LogP contribution in [0, 0.1) is 0 Å². The van der Waals surface area contributed by atoms with Gasteiger partial charge in [-0.3, -0.25) is 4.90 Å². The first-order chi connectivity index (χ1) is 6.65. The van der Waals surface area contributed by atoms with Crippen LogP contribution in [-0.4, -0.2) is 11.5 Å². The molecule has 0 radical (unpaired) electrons. The Hall–Kier alpha value is -1.33. The molecule has 4 nitrogen and oxygen atoms in total. The summed E-state index contributed by atoms with van der Waals surface area (Å²) in [4.78, 5) is 1.48. The molecule has 1 aromatic carbocycles. The van der Waals surface area contributed by atoms with Crippen LogP contribution in [-0.2, 0) is 0 Å². The van der Waals surface area contributed by atoms with Gasteiger partial charge in [0, 0.05) is 10.7 Å². The molecule has 4 N–H and O–H groups in total. The van der Waals surface area contributed by atoms with Crippen LogP contribution in [0.1, 0.15) is 0 Å². The Morgan fingerprint density at radius 3 is 2.43 bits per heavy atom. The number of nitrogens with zero attached hydrogens (tertiary/aromatic N) is 2. The molecule has 0 aliphatic carbocycles. The van der Waals surface area contributed by atoms with E-state index in [-0.39, 0.29) is 5.11 Å². The maximum absolute atomic E-state index is 5.73. The lowest BCUT2D eigenvalue weighted by molar-refractivity contribution is 1.24. The van der Waals surface area contributed by atoms with Gasteiger partial charge < -0.3 is 11.6 Å². The molecule has 0 saturated carbocycles. The second-order valence-electron chi connectivity index (χ2n) is 2.45. The zero-order valence-corrected chi connectivity index (χ0v) is 8.79. The molecule has 0 aliphatic rings. The number of rotatable bonds is 2. The molecule has 1 aromatic rings. The quantitative estimate of drug-likeness (QED) is 0.263. The fourth-order valence-electron chi connectivity index (χ4n) is 0.919. The van der Waals surface area contributed by atoms with Crippen LogP contribution in [0.3, 0.4) is 0 Å². The number of anilines is 1. The SMILES string of the molecule is NN=CN(C(N)=S)c1ccc(Cl)cc1. The van der Waals surface area contributed by atoms with E-state index in [1.165, 1.54) is 11.2 Å². The first-order valence-corrected chi connectivity index (χ1v) is 4.51. The van der Waals surface area contributed by atoms with Gasteiger partial charge in [0.1, 0.15) is 6.34 Å². The maximum atomic E-state index is 5.73. The molecule has 6 heteroatoms. The molecule has 14 heavy (non-hydrogen) atoms. The summed E-state index contributed by atoms with van der Waals surface area (Å²) in [5.41, 5.74) is 6.23. The van der Waals surface area contributed by atoms with Crippen molar-refractivity contribution < 1.29 is 0 Å². The van der Waals surface area contributed by atoms with E-state index in [9.17, 15) is 0 Å². The van der Waals surface area contributed by atoms with Crippen LogP contribution in [0.4, 0.5) is 5.69 Å². The lowest BCUT2D eigenvalue weighted by atomic mass is 10.3. The molecule has 1 rings (SSSR count). The summed E-state index contributed by atoms with van der Waals surface area (Å²) in [6.07, 6.45) is 1.34. The molecule has 0 heterocycles. The second-order valence-corrected chi connectivity index (χ2v) is 3.30. The van der Waals surface area contributed by atoms with Crippen molar-refractivity contribution in [3.63, 3.8) is 0 Å². The van der Waals surface area contributed by atoms with Crippen molar-refractivity contribution in [2.45, 2.75) is 0 Å². The average Bonchev–Trinajstić information content (AvgIpc) is 2.15. The van der Waals surface area contributed by atoms with E-state index in [1.807, 2.05) is 0 Å². The fraction of sp³-hybridized carbons (Fsp3) is 0. The molecule has 0 aromatic heterocycles. The molecular formula is C8H9ClN4S. The smallest absolute Gasteiger partial charge is 0.176 e. The summed E-state index contributed by atoms with van der Waals surface area (Å²) in [5, 5.41) is 4.16. The van der Waals surface area contributed by atoms with Crippen LogP contribution in [0.25, 0.3) is 0 Å². The number of hydrogen-bond acceptors (Lipinski definition) is 3. The standard InChI is InChI=1S/C8H9ClN4S/c9-6-1-3-7(4-2-6)13(5-12-11)8(10)14/h1-5H,11H2,(H2,10,14). The van der Waals surface area contributed by atoms with Crippen LogP contribution in [0.2, 0.25) is 5.02 Å². The van der Waals surface area contributed by atoms with E-state index < -0.39 is 0 Å². The third-order valence-electron chi connectivity index (χ3n) is 1.52. The first kappa shape index (κ1) is 10.7. The highest BCUT2D eigenvalue weighted by molar-refractivity contribution is 7.80. The molecule has 0 atom stereocenters. The van der Waals surface area contributed by atoms with Gasteiger partial charge in [0.25, 0.3) is 0 Å². The third kappa shape index (κ3) is 2.58. The third-order valence-corrected chi connectivity index (χ3v) is 1.97. The lowest BCUT2D eigenvalue weighted by Crippen LogP contribution is -2.34. The van der Waals surface area contributed by atoms with Gasteiger partial charge in [-0.15, -0.1) is 0 Å². The molecule has 0 spiro atoms. The van der Waals surface area contributed by atoms with Crippen LogP contribution in [0.5, 0.6) is 0 Å². The number of benzene rings is 1. The van der Waals surface area contributed by atoms with E-state index in [1.54, 1.807) is 24.3 Å². The number of hydrazone groups is 1. The summed E-state index contributed by atoms with van der Waals surface area (Å²) in [5.74, 6) is 5.02. The zero-order chi connectivity index (χ0) is 10.6. The predicted molar refractivity (Wildman–Crippen MR) is 63.4 cm³/mol. The summed E-state index contributed by atoms with van der Waals surface area (Å²) in [7, 11) is 0. The van der Waals surface area contributed by atoms with Crippen molar-refractivity contribution in [3.8, 4) is 0 Å². The minimum atomic E-state index is 0.168. The van der Waals surface area contributed by atoms with Crippen molar-refractivity contribution in [2.24, 2.45) is 16.7 Å². The number of hydrogen-bond donors (Lipinski definition) is 2.